The Kier molecular flexibility index (Phi) is 9.37. The van der Waals surface area contributed by atoms with Gasteiger partial charge in [0.1, 0.15) is 18.1 Å². The summed E-state index contributed by atoms with van der Waals surface area (Å²) < 4.78 is 0. The molecule has 170 valence electrons. The highest BCUT2D eigenvalue weighted by atomic mass is 32.2. The van der Waals surface area contributed by atoms with Gasteiger partial charge < -0.3 is 31.1 Å². The molecule has 3 amide bonds. The Balaban J connectivity index is 2.07. The molecule has 0 saturated carbocycles. The summed E-state index contributed by atoms with van der Waals surface area (Å²) in [6.07, 6.45) is 3.50. The normalized spacial score (nSPS) is 24.2. The van der Waals surface area contributed by atoms with Crippen LogP contribution in [0.4, 0.5) is 0 Å². The minimum absolute atomic E-state index is 0.259. The maximum Gasteiger partial charge on any atom is 0.326 e. The largest absolute Gasteiger partial charge is 0.480 e. The molecule has 30 heavy (non-hydrogen) atoms. The van der Waals surface area contributed by atoms with Gasteiger partial charge in [0, 0.05) is 6.54 Å². The van der Waals surface area contributed by atoms with Crippen LogP contribution in [0.15, 0.2) is 0 Å². The number of hydrogen-bond donors (Lipinski definition) is 5. The molecule has 5 N–H and O–H groups in total. The molecule has 0 aromatic heterocycles. The fourth-order valence-electron chi connectivity index (χ4n) is 3.79. The van der Waals surface area contributed by atoms with Gasteiger partial charge in [0.2, 0.25) is 17.7 Å². The van der Waals surface area contributed by atoms with Gasteiger partial charge in [-0.05, 0) is 57.6 Å². The Morgan fingerprint density at radius 3 is 2.50 bits per heavy atom. The van der Waals surface area contributed by atoms with E-state index in [1.54, 1.807) is 0 Å². The van der Waals surface area contributed by atoms with Crippen LogP contribution < -0.4 is 16.0 Å². The standard InChI is InChI=1S/C19H32N4O6S/c1-11(24)15(18(27)23-9-4-6-14(23)19(28)29)22-17(26)13(7-10-30-2)21-16(25)12-5-3-8-20-12/h11-15,20,24H,3-10H2,1-2H3,(H,21,25)(H,22,26)(H,28,29). The number of carboxylic acid groups (broad SMARTS) is 1. The van der Waals surface area contributed by atoms with E-state index in [0.29, 0.717) is 31.4 Å². The maximum absolute atomic E-state index is 12.9. The molecule has 0 aliphatic carbocycles. The molecular weight excluding hydrogens is 412 g/mol. The lowest BCUT2D eigenvalue weighted by atomic mass is 10.1. The Labute approximate surface area is 180 Å². The molecule has 2 aliphatic rings. The summed E-state index contributed by atoms with van der Waals surface area (Å²) in [6.45, 7) is 2.38. The number of carbonyl (C=O) groups excluding carboxylic acids is 3. The molecule has 10 nitrogen and oxygen atoms in total. The van der Waals surface area contributed by atoms with E-state index in [4.69, 9.17) is 0 Å². The molecule has 0 aromatic rings. The van der Waals surface area contributed by atoms with E-state index in [1.165, 1.54) is 23.6 Å². The zero-order valence-electron chi connectivity index (χ0n) is 17.4. The predicted molar refractivity (Wildman–Crippen MR) is 112 cm³/mol. The number of aliphatic carboxylic acids is 1. The number of aliphatic hydroxyl groups is 1. The zero-order valence-corrected chi connectivity index (χ0v) is 18.2. The third-order valence-corrected chi connectivity index (χ3v) is 6.13. The van der Waals surface area contributed by atoms with Crippen LogP contribution in [0.5, 0.6) is 0 Å². The van der Waals surface area contributed by atoms with E-state index in [0.717, 1.165) is 13.0 Å². The van der Waals surface area contributed by atoms with Crippen LogP contribution in [-0.2, 0) is 19.2 Å². The molecule has 0 aromatic carbocycles. The highest BCUT2D eigenvalue weighted by Gasteiger charge is 2.40. The first-order chi connectivity index (χ1) is 14.3. The molecule has 2 rings (SSSR count). The number of nitrogens with one attached hydrogen (secondary N) is 3. The van der Waals surface area contributed by atoms with E-state index < -0.39 is 42.0 Å². The molecule has 2 fully saturated rings. The first-order valence-corrected chi connectivity index (χ1v) is 11.7. The van der Waals surface area contributed by atoms with Crippen molar-refractivity contribution in [3.63, 3.8) is 0 Å². The van der Waals surface area contributed by atoms with Crippen molar-refractivity contribution in [2.75, 3.05) is 25.1 Å². The van der Waals surface area contributed by atoms with Crippen molar-refractivity contribution in [3.05, 3.63) is 0 Å². The lowest BCUT2D eigenvalue weighted by Crippen LogP contribution is -2.59. The summed E-state index contributed by atoms with van der Waals surface area (Å²) in [5, 5.41) is 27.8. The fourth-order valence-corrected chi connectivity index (χ4v) is 4.26. The van der Waals surface area contributed by atoms with Crippen LogP contribution in [0, 0.1) is 0 Å². The second kappa shape index (κ2) is 11.5. The van der Waals surface area contributed by atoms with Crippen LogP contribution in [0.3, 0.4) is 0 Å². The van der Waals surface area contributed by atoms with Gasteiger partial charge in [-0.2, -0.15) is 11.8 Å². The van der Waals surface area contributed by atoms with Gasteiger partial charge >= 0.3 is 5.97 Å². The van der Waals surface area contributed by atoms with Crippen LogP contribution in [0.2, 0.25) is 0 Å². The molecule has 5 atom stereocenters. The molecule has 0 bridgehead atoms. The van der Waals surface area contributed by atoms with Crippen LogP contribution in [0.1, 0.15) is 39.0 Å². The number of thioether (sulfide) groups is 1. The summed E-state index contributed by atoms with van der Waals surface area (Å²) in [5.74, 6) is -1.95. The third-order valence-electron chi connectivity index (χ3n) is 5.49. The van der Waals surface area contributed by atoms with Gasteiger partial charge in [0.05, 0.1) is 12.1 Å². The monoisotopic (exact) mass is 444 g/mol. The van der Waals surface area contributed by atoms with E-state index >= 15 is 0 Å². The van der Waals surface area contributed by atoms with E-state index in [-0.39, 0.29) is 18.5 Å². The summed E-state index contributed by atoms with van der Waals surface area (Å²) in [5.41, 5.74) is 0. The summed E-state index contributed by atoms with van der Waals surface area (Å²) in [7, 11) is 0. The average Bonchev–Trinajstić information content (AvgIpc) is 3.40. The molecule has 2 saturated heterocycles. The minimum atomic E-state index is -1.28. The molecule has 0 radical (unpaired) electrons. The molecule has 2 aliphatic heterocycles. The number of aliphatic hydroxyl groups excluding tert-OH is 1. The van der Waals surface area contributed by atoms with E-state index in [2.05, 4.69) is 16.0 Å². The Morgan fingerprint density at radius 1 is 1.20 bits per heavy atom. The number of carboxylic acids is 1. The first-order valence-electron chi connectivity index (χ1n) is 10.3. The Bertz CT molecular complexity index is 641. The van der Waals surface area contributed by atoms with Crippen molar-refractivity contribution in [2.24, 2.45) is 0 Å². The molecular formula is C19H32N4O6S. The fraction of sp³-hybridized carbons (Fsp3) is 0.789. The number of likely N-dealkylation sites (tertiary alicyclic amines) is 1. The van der Waals surface area contributed by atoms with Crippen molar-refractivity contribution in [2.45, 2.75) is 69.3 Å². The lowest BCUT2D eigenvalue weighted by molar-refractivity contribution is -0.150. The summed E-state index contributed by atoms with van der Waals surface area (Å²) in [4.78, 5) is 50.8. The number of hydrogen-bond acceptors (Lipinski definition) is 7. The number of rotatable bonds is 10. The second-order valence-electron chi connectivity index (χ2n) is 7.75. The molecule has 11 heteroatoms. The highest BCUT2D eigenvalue weighted by molar-refractivity contribution is 7.98. The van der Waals surface area contributed by atoms with Crippen LogP contribution >= 0.6 is 11.8 Å². The molecule has 5 unspecified atom stereocenters. The minimum Gasteiger partial charge on any atom is -0.480 e. The molecule has 2 heterocycles. The summed E-state index contributed by atoms with van der Waals surface area (Å²) >= 11 is 1.53. The van der Waals surface area contributed by atoms with Gasteiger partial charge in [-0.3, -0.25) is 14.4 Å². The zero-order chi connectivity index (χ0) is 22.3. The maximum atomic E-state index is 12.9. The summed E-state index contributed by atoms with van der Waals surface area (Å²) in [6, 6.07) is -3.44. The van der Waals surface area contributed by atoms with Crippen LogP contribution in [0.25, 0.3) is 0 Å². The van der Waals surface area contributed by atoms with Crippen molar-refractivity contribution in [1.29, 1.82) is 0 Å². The van der Waals surface area contributed by atoms with Gasteiger partial charge in [0.25, 0.3) is 0 Å². The van der Waals surface area contributed by atoms with E-state index in [1.807, 2.05) is 6.26 Å². The third kappa shape index (κ3) is 6.32. The van der Waals surface area contributed by atoms with Gasteiger partial charge in [-0.15, -0.1) is 0 Å². The number of carbonyl (C=O) groups is 4. The Hall–Kier alpha value is -1.85. The van der Waals surface area contributed by atoms with Gasteiger partial charge in [-0.25, -0.2) is 4.79 Å². The smallest absolute Gasteiger partial charge is 0.326 e. The molecule has 0 spiro atoms. The van der Waals surface area contributed by atoms with E-state index in [9.17, 15) is 29.4 Å². The predicted octanol–water partition coefficient (Wildman–Crippen LogP) is -1.08. The first kappa shape index (κ1) is 24.4. The Morgan fingerprint density at radius 2 is 1.93 bits per heavy atom. The lowest BCUT2D eigenvalue weighted by Gasteiger charge is -2.30. The van der Waals surface area contributed by atoms with Crippen molar-refractivity contribution in [3.8, 4) is 0 Å². The van der Waals surface area contributed by atoms with Crippen molar-refractivity contribution in [1.82, 2.24) is 20.9 Å². The topological polar surface area (TPSA) is 148 Å². The SMILES string of the molecule is CSCCC(NC(=O)C1CCCN1)C(=O)NC(C(=O)N1CCCC1C(=O)O)C(C)O. The number of amides is 3. The quantitative estimate of drug-likeness (QED) is 0.286. The van der Waals surface area contributed by atoms with Crippen molar-refractivity contribution < 1.29 is 29.4 Å². The average molecular weight is 445 g/mol. The highest BCUT2D eigenvalue weighted by Crippen LogP contribution is 2.19. The number of nitrogens with zero attached hydrogens (tertiary/aromatic N) is 1. The van der Waals surface area contributed by atoms with Crippen molar-refractivity contribution >= 4 is 35.5 Å². The van der Waals surface area contributed by atoms with Crippen LogP contribution in [-0.4, -0.2) is 94.2 Å². The van der Waals surface area contributed by atoms with Gasteiger partial charge in [0.15, 0.2) is 0 Å². The van der Waals surface area contributed by atoms with Gasteiger partial charge in [-0.1, -0.05) is 0 Å². The second-order valence-corrected chi connectivity index (χ2v) is 8.73.